The first-order valence-electron chi connectivity index (χ1n) is 16.9. The number of amides is 1. The Labute approximate surface area is 297 Å². The molecule has 3 atom stereocenters. The lowest BCUT2D eigenvalue weighted by Crippen LogP contribution is -2.41. The Hall–Kier alpha value is -5.53. The third kappa shape index (κ3) is 6.34. The van der Waals surface area contributed by atoms with Crippen molar-refractivity contribution in [1.82, 2.24) is 34.9 Å². The lowest BCUT2D eigenvalue weighted by Gasteiger charge is -2.38. The topological polar surface area (TPSA) is 148 Å². The Morgan fingerprint density at radius 3 is 2.76 bits per heavy atom. The largest absolute Gasteiger partial charge is 0.480 e. The maximum Gasteiger partial charge on any atom is 0.310 e. The molecule has 0 spiro atoms. The van der Waals surface area contributed by atoms with Crippen molar-refractivity contribution in [2.45, 2.75) is 50.9 Å². The zero-order chi connectivity index (χ0) is 35.1. The summed E-state index contributed by atoms with van der Waals surface area (Å²) in [5.74, 6) is 0.467. The number of halogens is 1. The Kier molecular flexibility index (Phi) is 8.74. The molecule has 0 aliphatic carbocycles. The number of hydrogen-bond acceptors (Lipinski definition) is 9. The van der Waals surface area contributed by atoms with E-state index < -0.39 is 4.92 Å². The number of hydrogen-bond donors (Lipinski definition) is 1. The van der Waals surface area contributed by atoms with E-state index in [0.29, 0.717) is 36.1 Å². The molecule has 14 heteroatoms. The molecule has 8 rings (SSSR count). The number of nitro groups is 1. The molecule has 3 aromatic carbocycles. The van der Waals surface area contributed by atoms with Gasteiger partial charge >= 0.3 is 5.69 Å². The number of ether oxygens (including phenoxy) is 1. The first kappa shape index (κ1) is 32.7. The Morgan fingerprint density at radius 1 is 1.10 bits per heavy atom. The average molecular weight is 707 g/mol. The Bertz CT molecular complexity index is 2230. The van der Waals surface area contributed by atoms with Gasteiger partial charge in [0.2, 0.25) is 0 Å². The van der Waals surface area contributed by atoms with Crippen LogP contribution in [0.5, 0.6) is 5.75 Å². The van der Waals surface area contributed by atoms with Gasteiger partial charge in [-0.15, -0.1) is 5.10 Å². The van der Waals surface area contributed by atoms with Gasteiger partial charge < -0.3 is 19.1 Å². The fraction of sp³-hybridized carbons (Fsp3) is 0.297. The number of nitrogens with one attached hydrogen (secondary N) is 1. The van der Waals surface area contributed by atoms with Crippen LogP contribution in [0.3, 0.4) is 0 Å². The number of piperidine rings is 1. The average Bonchev–Trinajstić information content (AvgIpc) is 3.91. The van der Waals surface area contributed by atoms with Crippen molar-refractivity contribution in [1.29, 1.82) is 0 Å². The molecule has 1 amide bonds. The molecular weight excluding hydrogens is 672 g/mol. The molecule has 1 N–H and O–H groups in total. The van der Waals surface area contributed by atoms with Crippen LogP contribution in [0.1, 0.15) is 76.5 Å². The number of likely N-dealkylation sites (tertiary alicyclic amines) is 1. The summed E-state index contributed by atoms with van der Waals surface area (Å²) < 4.78 is 13.3. The third-order valence-corrected chi connectivity index (χ3v) is 10.3. The number of rotatable bonds is 9. The SMILES string of the molecule is CC1c2[nH]c3ccccc3c2C(c2ccccc2Cl)CN1C(=O)c1cc(CN2CCCC(n3cc(COc4ccccc4[N+](=O)[O-])nn3)C2)on1. The van der Waals surface area contributed by atoms with Crippen LogP contribution in [0.2, 0.25) is 5.02 Å². The summed E-state index contributed by atoms with van der Waals surface area (Å²) in [4.78, 5) is 32.7. The number of carbonyl (C=O) groups is 1. The number of benzene rings is 3. The van der Waals surface area contributed by atoms with Crippen LogP contribution >= 0.6 is 11.6 Å². The zero-order valence-corrected chi connectivity index (χ0v) is 28.6. The third-order valence-electron chi connectivity index (χ3n) is 9.94. The molecule has 0 radical (unpaired) electrons. The van der Waals surface area contributed by atoms with E-state index >= 15 is 0 Å². The molecule has 260 valence electrons. The van der Waals surface area contributed by atoms with Crippen molar-refractivity contribution in [3.63, 3.8) is 0 Å². The van der Waals surface area contributed by atoms with E-state index in [4.69, 9.17) is 20.9 Å². The van der Waals surface area contributed by atoms with Crippen LogP contribution < -0.4 is 4.74 Å². The minimum atomic E-state index is -0.471. The number of para-hydroxylation sites is 3. The van der Waals surface area contributed by atoms with E-state index in [9.17, 15) is 14.9 Å². The first-order chi connectivity index (χ1) is 24.8. The van der Waals surface area contributed by atoms with Gasteiger partial charge in [0, 0.05) is 52.8 Å². The highest BCUT2D eigenvalue weighted by atomic mass is 35.5. The summed E-state index contributed by atoms with van der Waals surface area (Å²) >= 11 is 6.74. The van der Waals surface area contributed by atoms with Gasteiger partial charge in [-0.1, -0.05) is 70.5 Å². The maximum atomic E-state index is 14.1. The van der Waals surface area contributed by atoms with Crippen LogP contribution in [-0.2, 0) is 13.2 Å². The van der Waals surface area contributed by atoms with Crippen molar-refractivity contribution in [2.75, 3.05) is 19.6 Å². The van der Waals surface area contributed by atoms with Gasteiger partial charge in [-0.05, 0) is 55.6 Å². The van der Waals surface area contributed by atoms with Gasteiger partial charge in [-0.25, -0.2) is 4.68 Å². The van der Waals surface area contributed by atoms with E-state index in [1.165, 1.54) is 11.6 Å². The molecule has 3 aromatic heterocycles. The van der Waals surface area contributed by atoms with E-state index in [-0.39, 0.29) is 47.6 Å². The van der Waals surface area contributed by atoms with Crippen molar-refractivity contribution >= 4 is 34.1 Å². The molecule has 2 aliphatic heterocycles. The smallest absolute Gasteiger partial charge is 0.310 e. The fourth-order valence-corrected chi connectivity index (χ4v) is 7.72. The summed E-state index contributed by atoms with van der Waals surface area (Å²) in [6.07, 6.45) is 3.68. The molecule has 5 heterocycles. The normalized spacial score (nSPS) is 19.3. The van der Waals surface area contributed by atoms with Crippen molar-refractivity contribution < 1.29 is 19.0 Å². The maximum absolute atomic E-state index is 14.1. The minimum absolute atomic E-state index is 0.0620. The van der Waals surface area contributed by atoms with E-state index in [2.05, 4.69) is 37.5 Å². The standard InChI is InChI=1S/C37H35ClN8O5/c1-23-36-35(28-11-3-5-13-31(28)39-36)29(27-10-2-4-12-30(27)38)21-44(23)37(47)32-17-26(51-41-32)20-43-16-8-9-25(19-43)45-18-24(40-42-45)22-50-34-15-7-6-14-33(34)46(48)49/h2-7,10-15,17-18,23,25,29,39H,8-9,16,19-22H2,1H3. The van der Waals surface area contributed by atoms with Crippen LogP contribution in [0.25, 0.3) is 10.9 Å². The molecule has 0 saturated carbocycles. The number of aromatic amines is 1. The zero-order valence-electron chi connectivity index (χ0n) is 27.8. The molecule has 1 saturated heterocycles. The lowest BCUT2D eigenvalue weighted by atomic mass is 9.83. The predicted octanol–water partition coefficient (Wildman–Crippen LogP) is 7.07. The van der Waals surface area contributed by atoms with Crippen molar-refractivity contribution in [2.24, 2.45) is 0 Å². The lowest BCUT2D eigenvalue weighted by molar-refractivity contribution is -0.385. The number of aromatic nitrogens is 5. The van der Waals surface area contributed by atoms with E-state index in [0.717, 1.165) is 41.5 Å². The molecule has 51 heavy (non-hydrogen) atoms. The van der Waals surface area contributed by atoms with Gasteiger partial charge in [0.05, 0.1) is 29.7 Å². The van der Waals surface area contributed by atoms with E-state index in [1.54, 1.807) is 24.3 Å². The van der Waals surface area contributed by atoms with Crippen molar-refractivity contribution in [3.8, 4) is 5.75 Å². The molecule has 3 unspecified atom stereocenters. The molecule has 13 nitrogen and oxygen atoms in total. The minimum Gasteiger partial charge on any atom is -0.480 e. The fourth-order valence-electron chi connectivity index (χ4n) is 7.45. The monoisotopic (exact) mass is 706 g/mol. The molecule has 2 aliphatic rings. The van der Waals surface area contributed by atoms with Crippen LogP contribution in [-0.4, -0.2) is 65.4 Å². The molecule has 1 fully saturated rings. The summed E-state index contributed by atoms with van der Waals surface area (Å²) in [7, 11) is 0. The predicted molar refractivity (Wildman–Crippen MR) is 189 cm³/mol. The van der Waals surface area contributed by atoms with Gasteiger partial charge in [0.1, 0.15) is 12.3 Å². The number of carbonyl (C=O) groups excluding carboxylic acids is 1. The first-order valence-corrected chi connectivity index (χ1v) is 17.3. The highest BCUT2D eigenvalue weighted by molar-refractivity contribution is 6.31. The number of fused-ring (bicyclic) bond motifs is 3. The van der Waals surface area contributed by atoms with Gasteiger partial charge in [0.15, 0.2) is 17.2 Å². The molecule has 6 aromatic rings. The van der Waals surface area contributed by atoms with Crippen molar-refractivity contribution in [3.05, 3.63) is 134 Å². The summed E-state index contributed by atoms with van der Waals surface area (Å²) in [6, 6.07) is 23.9. The summed E-state index contributed by atoms with van der Waals surface area (Å²) in [5, 5.41) is 25.9. The Balaban J connectivity index is 0.949. The van der Waals surface area contributed by atoms with Crippen LogP contribution in [0.15, 0.2) is 89.6 Å². The second kappa shape index (κ2) is 13.6. The molecular formula is C37H35ClN8O5. The molecule has 0 bridgehead atoms. The second-order valence-corrected chi connectivity index (χ2v) is 13.5. The quantitative estimate of drug-likeness (QED) is 0.123. The van der Waals surface area contributed by atoms with E-state index in [1.807, 2.05) is 59.1 Å². The van der Waals surface area contributed by atoms with Crippen LogP contribution in [0.4, 0.5) is 5.69 Å². The van der Waals surface area contributed by atoms with Gasteiger partial charge in [0.25, 0.3) is 5.91 Å². The van der Waals surface area contributed by atoms with Gasteiger partial charge in [-0.2, -0.15) is 0 Å². The van der Waals surface area contributed by atoms with Gasteiger partial charge in [-0.3, -0.25) is 19.8 Å². The number of H-pyrrole nitrogens is 1. The highest BCUT2D eigenvalue weighted by Gasteiger charge is 2.39. The summed E-state index contributed by atoms with van der Waals surface area (Å²) in [6.45, 7) is 4.59. The number of nitro benzene ring substituents is 1. The Morgan fingerprint density at radius 2 is 1.90 bits per heavy atom. The number of nitrogens with zero attached hydrogens (tertiary/aromatic N) is 7. The summed E-state index contributed by atoms with van der Waals surface area (Å²) in [5.41, 5.74) is 4.91. The highest BCUT2D eigenvalue weighted by Crippen LogP contribution is 2.45. The van der Waals surface area contributed by atoms with Crippen LogP contribution in [0, 0.1) is 10.1 Å². The second-order valence-electron chi connectivity index (χ2n) is 13.1.